The molecule has 0 aliphatic carbocycles. The Hall–Kier alpha value is -1.89. The van der Waals surface area contributed by atoms with Crippen molar-refractivity contribution in [2.24, 2.45) is 10.9 Å². The largest absolute Gasteiger partial charge is 0.358 e. The first-order chi connectivity index (χ1) is 11.6. The number of nitrogens with zero attached hydrogens (tertiary/aromatic N) is 1. The lowest BCUT2D eigenvalue weighted by atomic mass is 9.93. The first kappa shape index (κ1) is 19.4. The summed E-state index contributed by atoms with van der Waals surface area (Å²) in [6, 6.07) is 6.12. The smallest absolute Gasteiger partial charge is 0.265 e. The Morgan fingerprint density at radius 3 is 2.48 bits per heavy atom. The van der Waals surface area contributed by atoms with Crippen molar-refractivity contribution in [3.8, 4) is 0 Å². The summed E-state index contributed by atoms with van der Waals surface area (Å²) in [5, 5.41) is 6.31. The molecule has 5 nitrogen and oxygen atoms in total. The Morgan fingerprint density at radius 1 is 1.24 bits per heavy atom. The van der Waals surface area contributed by atoms with Crippen LogP contribution >= 0.6 is 11.8 Å². The summed E-state index contributed by atoms with van der Waals surface area (Å²) in [5.41, 5.74) is 0.498. The summed E-state index contributed by atoms with van der Waals surface area (Å²) >= 11 is 1.22. The predicted octanol–water partition coefficient (Wildman–Crippen LogP) is 3.03. The molecule has 1 heterocycles. The van der Waals surface area contributed by atoms with Crippen molar-refractivity contribution in [2.75, 3.05) is 0 Å². The van der Waals surface area contributed by atoms with Gasteiger partial charge in [0, 0.05) is 11.6 Å². The van der Waals surface area contributed by atoms with Crippen molar-refractivity contribution in [3.63, 3.8) is 0 Å². The SMILES string of the molecule is CC(C)NC(=O)C(C)C1(C)SC(N[C@@H](C)c2ccccc2F)=NC1=O. The molecule has 0 aromatic heterocycles. The maximum atomic E-state index is 13.9. The van der Waals surface area contributed by atoms with Crippen molar-refractivity contribution in [1.29, 1.82) is 0 Å². The van der Waals surface area contributed by atoms with Gasteiger partial charge in [-0.1, -0.05) is 36.9 Å². The molecule has 1 aliphatic rings. The van der Waals surface area contributed by atoms with Crippen LogP contribution in [0.15, 0.2) is 29.3 Å². The summed E-state index contributed by atoms with van der Waals surface area (Å²) in [5.74, 6) is -1.40. The molecule has 2 rings (SSSR count). The standard InChI is InChI=1S/C18H24FN3O2S/c1-10(2)20-15(23)11(3)18(5)16(24)22-17(25-18)21-12(4)13-8-6-7-9-14(13)19/h6-12H,1-5H3,(H,20,23)(H,21,22,24)/t11?,12-,18?/m0/s1. The number of nitrogens with one attached hydrogen (secondary N) is 2. The van der Waals surface area contributed by atoms with E-state index in [1.54, 1.807) is 39.0 Å². The fourth-order valence-corrected chi connectivity index (χ4v) is 3.74. The lowest BCUT2D eigenvalue weighted by Crippen LogP contribution is -2.46. The molecule has 1 aliphatic heterocycles. The number of amidine groups is 1. The van der Waals surface area contributed by atoms with Gasteiger partial charge < -0.3 is 10.6 Å². The average molecular weight is 365 g/mol. The van der Waals surface area contributed by atoms with Crippen LogP contribution in [0.2, 0.25) is 0 Å². The molecular weight excluding hydrogens is 341 g/mol. The van der Waals surface area contributed by atoms with Crippen molar-refractivity contribution in [1.82, 2.24) is 10.6 Å². The van der Waals surface area contributed by atoms with Crippen LogP contribution in [-0.2, 0) is 9.59 Å². The van der Waals surface area contributed by atoms with E-state index in [1.807, 2.05) is 13.8 Å². The van der Waals surface area contributed by atoms with Crippen LogP contribution in [0.25, 0.3) is 0 Å². The molecule has 0 bridgehead atoms. The predicted molar refractivity (Wildman–Crippen MR) is 98.8 cm³/mol. The number of thioether (sulfide) groups is 1. The van der Waals surface area contributed by atoms with E-state index in [0.29, 0.717) is 10.7 Å². The van der Waals surface area contributed by atoms with Crippen LogP contribution in [0, 0.1) is 11.7 Å². The van der Waals surface area contributed by atoms with E-state index in [9.17, 15) is 14.0 Å². The van der Waals surface area contributed by atoms with Gasteiger partial charge in [0.05, 0.1) is 12.0 Å². The van der Waals surface area contributed by atoms with Gasteiger partial charge in [0.1, 0.15) is 10.6 Å². The summed E-state index contributed by atoms with van der Waals surface area (Å²) in [6.07, 6.45) is 0. The van der Waals surface area contributed by atoms with Crippen LogP contribution < -0.4 is 10.6 Å². The normalized spacial score (nSPS) is 22.5. The Balaban J connectivity index is 2.09. The molecule has 2 N–H and O–H groups in total. The molecule has 2 amide bonds. The first-order valence-electron chi connectivity index (χ1n) is 8.28. The van der Waals surface area contributed by atoms with E-state index >= 15 is 0 Å². The number of aliphatic imine (C=N–C) groups is 1. The van der Waals surface area contributed by atoms with Gasteiger partial charge in [-0.3, -0.25) is 9.59 Å². The molecule has 0 radical (unpaired) electrons. The lowest BCUT2D eigenvalue weighted by molar-refractivity contribution is -0.130. The third-order valence-corrected chi connectivity index (χ3v) is 5.65. The van der Waals surface area contributed by atoms with Crippen LogP contribution in [0.5, 0.6) is 0 Å². The van der Waals surface area contributed by atoms with E-state index in [4.69, 9.17) is 0 Å². The van der Waals surface area contributed by atoms with Gasteiger partial charge in [0.25, 0.3) is 5.91 Å². The lowest BCUT2D eigenvalue weighted by Gasteiger charge is -2.27. The average Bonchev–Trinajstić information content (AvgIpc) is 2.81. The van der Waals surface area contributed by atoms with Crippen molar-refractivity contribution < 1.29 is 14.0 Å². The Kier molecular flexibility index (Phi) is 5.87. The second-order valence-corrected chi connectivity index (χ2v) is 8.14. The highest BCUT2D eigenvalue weighted by Gasteiger charge is 2.48. The highest BCUT2D eigenvalue weighted by molar-refractivity contribution is 8.16. The number of benzene rings is 1. The van der Waals surface area contributed by atoms with Gasteiger partial charge in [-0.15, -0.1) is 0 Å². The molecule has 0 spiro atoms. The second kappa shape index (κ2) is 7.56. The number of carbonyl (C=O) groups excluding carboxylic acids is 2. The molecule has 1 aromatic rings. The minimum atomic E-state index is -0.976. The zero-order valence-corrected chi connectivity index (χ0v) is 15.9. The van der Waals surface area contributed by atoms with E-state index in [-0.39, 0.29) is 29.7 Å². The summed E-state index contributed by atoms with van der Waals surface area (Å²) in [6.45, 7) is 8.99. The Labute approximate surface area is 151 Å². The second-order valence-electron chi connectivity index (χ2n) is 6.70. The van der Waals surface area contributed by atoms with Crippen molar-refractivity contribution >= 4 is 28.7 Å². The molecule has 3 atom stereocenters. The molecule has 0 fully saturated rings. The number of carbonyl (C=O) groups is 2. The van der Waals surface area contributed by atoms with Crippen LogP contribution in [0.1, 0.15) is 46.2 Å². The van der Waals surface area contributed by atoms with Gasteiger partial charge in [-0.05, 0) is 33.8 Å². The molecule has 7 heteroatoms. The van der Waals surface area contributed by atoms with E-state index in [1.165, 1.54) is 17.8 Å². The molecule has 0 saturated heterocycles. The van der Waals surface area contributed by atoms with E-state index in [0.717, 1.165) is 0 Å². The van der Waals surface area contributed by atoms with Gasteiger partial charge in [0.15, 0.2) is 5.17 Å². The summed E-state index contributed by atoms with van der Waals surface area (Å²) in [4.78, 5) is 28.8. The molecular formula is C18H24FN3O2S. The maximum Gasteiger partial charge on any atom is 0.265 e. The quantitative estimate of drug-likeness (QED) is 0.841. The fraction of sp³-hybridized carbons (Fsp3) is 0.500. The topological polar surface area (TPSA) is 70.6 Å². The number of halogens is 1. The summed E-state index contributed by atoms with van der Waals surface area (Å²) < 4.78 is 12.9. The van der Waals surface area contributed by atoms with Crippen molar-refractivity contribution in [3.05, 3.63) is 35.6 Å². The van der Waals surface area contributed by atoms with Gasteiger partial charge in [-0.25, -0.2) is 4.39 Å². The Bertz CT molecular complexity index is 707. The van der Waals surface area contributed by atoms with E-state index < -0.39 is 10.7 Å². The fourth-order valence-electron chi connectivity index (χ4n) is 2.55. The van der Waals surface area contributed by atoms with Gasteiger partial charge in [-0.2, -0.15) is 4.99 Å². The number of rotatable bonds is 5. The van der Waals surface area contributed by atoms with Gasteiger partial charge in [0.2, 0.25) is 5.91 Å². The molecule has 0 saturated carbocycles. The van der Waals surface area contributed by atoms with Crippen LogP contribution in [0.4, 0.5) is 4.39 Å². The monoisotopic (exact) mass is 365 g/mol. The zero-order chi connectivity index (χ0) is 18.8. The van der Waals surface area contributed by atoms with E-state index in [2.05, 4.69) is 15.6 Å². The van der Waals surface area contributed by atoms with Crippen molar-refractivity contribution in [2.45, 2.75) is 51.4 Å². The number of hydrogen-bond acceptors (Lipinski definition) is 4. The third-order valence-electron chi connectivity index (χ3n) is 4.30. The zero-order valence-electron chi connectivity index (χ0n) is 15.1. The maximum absolute atomic E-state index is 13.9. The highest BCUT2D eigenvalue weighted by atomic mass is 32.2. The molecule has 1 aromatic carbocycles. The molecule has 136 valence electrons. The number of amides is 2. The van der Waals surface area contributed by atoms with Crippen LogP contribution in [0.3, 0.4) is 0 Å². The first-order valence-corrected chi connectivity index (χ1v) is 9.10. The van der Waals surface area contributed by atoms with Crippen LogP contribution in [-0.4, -0.2) is 27.8 Å². The highest BCUT2D eigenvalue weighted by Crippen LogP contribution is 2.40. The van der Waals surface area contributed by atoms with Gasteiger partial charge >= 0.3 is 0 Å². The summed E-state index contributed by atoms with van der Waals surface area (Å²) in [7, 11) is 0. The third kappa shape index (κ3) is 4.21. The number of hydrogen-bond donors (Lipinski definition) is 2. The Morgan fingerprint density at radius 2 is 1.88 bits per heavy atom. The molecule has 25 heavy (non-hydrogen) atoms. The minimum absolute atomic E-state index is 0.000327. The molecule has 2 unspecified atom stereocenters. The minimum Gasteiger partial charge on any atom is -0.358 e.